The summed E-state index contributed by atoms with van der Waals surface area (Å²) in [4.78, 5) is 23.1. The van der Waals surface area contributed by atoms with Crippen LogP contribution in [0.4, 0.5) is 11.4 Å². The molecule has 0 saturated heterocycles. The van der Waals surface area contributed by atoms with Gasteiger partial charge in [-0.15, -0.1) is 0 Å². The summed E-state index contributed by atoms with van der Waals surface area (Å²) in [6, 6.07) is 8.83. The van der Waals surface area contributed by atoms with Gasteiger partial charge in [0.05, 0.1) is 37.0 Å². The number of benzene rings is 2. The lowest BCUT2D eigenvalue weighted by atomic mass is 10.1. The van der Waals surface area contributed by atoms with E-state index in [0.29, 0.717) is 11.5 Å². The van der Waals surface area contributed by atoms with Gasteiger partial charge in [0.1, 0.15) is 0 Å². The topological polar surface area (TPSA) is 123 Å². The first-order chi connectivity index (χ1) is 13.4. The standard InChI is InChI=1S/C19H23N3O6/c1-12(11-23)21-16-9-14(22(25)26)5-6-15(16)19(24)20-10-13-4-7-17(27-2)18(8-13)28-3/h4-9,12,21,23H,10-11H2,1-3H3,(H,20,24)/t12-/m1/s1. The molecular formula is C19H23N3O6. The molecule has 0 fully saturated rings. The van der Waals surface area contributed by atoms with E-state index in [9.17, 15) is 20.0 Å². The fraction of sp³-hybridized carbons (Fsp3) is 0.316. The van der Waals surface area contributed by atoms with Gasteiger partial charge in [-0.1, -0.05) is 6.07 Å². The second-order valence-corrected chi connectivity index (χ2v) is 6.09. The third-order valence-corrected chi connectivity index (χ3v) is 4.04. The number of carbonyl (C=O) groups excluding carboxylic acids is 1. The predicted octanol–water partition coefficient (Wildman–Crippen LogP) is 2.33. The van der Waals surface area contributed by atoms with Crippen molar-refractivity contribution in [2.45, 2.75) is 19.5 Å². The van der Waals surface area contributed by atoms with E-state index in [4.69, 9.17) is 9.47 Å². The van der Waals surface area contributed by atoms with Crippen molar-refractivity contribution in [3.05, 3.63) is 57.6 Å². The molecular weight excluding hydrogens is 366 g/mol. The zero-order chi connectivity index (χ0) is 20.7. The van der Waals surface area contributed by atoms with Crippen LogP contribution in [-0.2, 0) is 6.54 Å². The monoisotopic (exact) mass is 389 g/mol. The summed E-state index contributed by atoms with van der Waals surface area (Å²) in [5, 5.41) is 25.9. The number of ether oxygens (including phenoxy) is 2. The van der Waals surface area contributed by atoms with Crippen molar-refractivity contribution in [3.63, 3.8) is 0 Å². The number of rotatable bonds is 9. The minimum absolute atomic E-state index is 0.149. The van der Waals surface area contributed by atoms with E-state index < -0.39 is 10.8 Å². The normalized spacial score (nSPS) is 11.4. The summed E-state index contributed by atoms with van der Waals surface area (Å²) in [5.41, 5.74) is 1.17. The number of hydrogen-bond acceptors (Lipinski definition) is 7. The summed E-state index contributed by atoms with van der Waals surface area (Å²) in [5.74, 6) is 0.721. The molecule has 9 nitrogen and oxygen atoms in total. The van der Waals surface area contributed by atoms with Gasteiger partial charge < -0.3 is 25.2 Å². The Morgan fingerprint density at radius 1 is 1.18 bits per heavy atom. The number of anilines is 1. The fourth-order valence-corrected chi connectivity index (χ4v) is 2.54. The zero-order valence-electron chi connectivity index (χ0n) is 15.9. The zero-order valence-corrected chi connectivity index (χ0v) is 15.9. The summed E-state index contributed by atoms with van der Waals surface area (Å²) in [6.07, 6.45) is 0. The molecule has 2 aromatic carbocycles. The lowest BCUT2D eigenvalue weighted by Crippen LogP contribution is -2.26. The number of amides is 1. The van der Waals surface area contributed by atoms with Crippen molar-refractivity contribution < 1.29 is 24.3 Å². The van der Waals surface area contributed by atoms with Gasteiger partial charge in [-0.2, -0.15) is 0 Å². The van der Waals surface area contributed by atoms with E-state index in [1.54, 1.807) is 25.1 Å². The molecule has 2 aromatic rings. The van der Waals surface area contributed by atoms with Crippen molar-refractivity contribution in [1.82, 2.24) is 5.32 Å². The Hall–Kier alpha value is -3.33. The molecule has 0 bridgehead atoms. The maximum atomic E-state index is 12.6. The molecule has 2 rings (SSSR count). The van der Waals surface area contributed by atoms with Crippen LogP contribution >= 0.6 is 0 Å². The number of methoxy groups -OCH3 is 2. The van der Waals surface area contributed by atoms with Crippen molar-refractivity contribution in [3.8, 4) is 11.5 Å². The largest absolute Gasteiger partial charge is 0.493 e. The van der Waals surface area contributed by atoms with Crippen LogP contribution in [0.25, 0.3) is 0 Å². The highest BCUT2D eigenvalue weighted by Crippen LogP contribution is 2.28. The number of nitrogens with one attached hydrogen (secondary N) is 2. The number of aliphatic hydroxyl groups excluding tert-OH is 1. The van der Waals surface area contributed by atoms with Crippen LogP contribution in [0.3, 0.4) is 0 Å². The molecule has 150 valence electrons. The van der Waals surface area contributed by atoms with E-state index in [1.807, 2.05) is 0 Å². The van der Waals surface area contributed by atoms with Gasteiger partial charge in [0.15, 0.2) is 11.5 Å². The number of nitro benzene ring substituents is 1. The minimum atomic E-state index is -0.542. The molecule has 0 aliphatic carbocycles. The van der Waals surface area contributed by atoms with E-state index in [-0.39, 0.29) is 36.1 Å². The van der Waals surface area contributed by atoms with E-state index in [0.717, 1.165) is 5.56 Å². The molecule has 0 spiro atoms. The average Bonchev–Trinajstić information content (AvgIpc) is 2.71. The third-order valence-electron chi connectivity index (χ3n) is 4.04. The smallest absolute Gasteiger partial charge is 0.271 e. The van der Waals surface area contributed by atoms with Crippen LogP contribution in [-0.4, -0.2) is 42.8 Å². The van der Waals surface area contributed by atoms with Crippen LogP contribution in [0, 0.1) is 10.1 Å². The molecule has 3 N–H and O–H groups in total. The van der Waals surface area contributed by atoms with E-state index in [2.05, 4.69) is 10.6 Å². The third kappa shape index (κ3) is 5.10. The molecule has 0 heterocycles. The first kappa shape index (κ1) is 21.0. The first-order valence-electron chi connectivity index (χ1n) is 8.54. The first-order valence-corrected chi connectivity index (χ1v) is 8.54. The average molecular weight is 389 g/mol. The van der Waals surface area contributed by atoms with Gasteiger partial charge in [0, 0.05) is 24.7 Å². The number of aliphatic hydroxyl groups is 1. The summed E-state index contributed by atoms with van der Waals surface area (Å²) >= 11 is 0. The Morgan fingerprint density at radius 2 is 1.89 bits per heavy atom. The van der Waals surface area contributed by atoms with Gasteiger partial charge in [-0.3, -0.25) is 14.9 Å². The van der Waals surface area contributed by atoms with Gasteiger partial charge in [0.2, 0.25) is 0 Å². The molecule has 9 heteroatoms. The van der Waals surface area contributed by atoms with Crippen molar-refractivity contribution in [2.75, 3.05) is 26.1 Å². The Balaban J connectivity index is 2.20. The number of nitrogens with zero attached hydrogens (tertiary/aromatic N) is 1. The molecule has 0 radical (unpaired) electrons. The van der Waals surface area contributed by atoms with E-state index >= 15 is 0 Å². The lowest BCUT2D eigenvalue weighted by molar-refractivity contribution is -0.384. The summed E-state index contributed by atoms with van der Waals surface area (Å²) < 4.78 is 10.4. The van der Waals surface area contributed by atoms with Gasteiger partial charge in [0.25, 0.3) is 11.6 Å². The number of hydrogen-bond donors (Lipinski definition) is 3. The second kappa shape index (κ2) is 9.56. The highest BCUT2D eigenvalue weighted by molar-refractivity contribution is 6.00. The summed E-state index contributed by atoms with van der Waals surface area (Å²) in [7, 11) is 3.06. The maximum Gasteiger partial charge on any atom is 0.271 e. The Kier molecular flexibility index (Phi) is 7.16. The van der Waals surface area contributed by atoms with Crippen LogP contribution in [0.15, 0.2) is 36.4 Å². The van der Waals surface area contributed by atoms with Gasteiger partial charge in [-0.05, 0) is 30.7 Å². The number of non-ortho nitro benzene ring substituents is 1. The Labute approximate surface area is 162 Å². The Bertz CT molecular complexity index is 856. The van der Waals surface area contributed by atoms with Crippen molar-refractivity contribution in [2.24, 2.45) is 0 Å². The molecule has 0 aliphatic heterocycles. The quantitative estimate of drug-likeness (QED) is 0.444. The number of carbonyl (C=O) groups is 1. The van der Waals surface area contributed by atoms with Crippen LogP contribution in [0.1, 0.15) is 22.8 Å². The molecule has 0 saturated carbocycles. The van der Waals surface area contributed by atoms with Crippen molar-refractivity contribution in [1.29, 1.82) is 0 Å². The fourth-order valence-electron chi connectivity index (χ4n) is 2.54. The maximum absolute atomic E-state index is 12.6. The second-order valence-electron chi connectivity index (χ2n) is 6.09. The number of nitro groups is 1. The molecule has 1 atom stereocenters. The van der Waals surface area contributed by atoms with Gasteiger partial charge in [-0.25, -0.2) is 0 Å². The van der Waals surface area contributed by atoms with E-state index in [1.165, 1.54) is 32.4 Å². The molecule has 0 aromatic heterocycles. The predicted molar refractivity (Wildman–Crippen MR) is 104 cm³/mol. The summed E-state index contributed by atoms with van der Waals surface area (Å²) in [6.45, 7) is 1.74. The molecule has 0 aliphatic rings. The van der Waals surface area contributed by atoms with Crippen LogP contribution in [0.5, 0.6) is 11.5 Å². The molecule has 28 heavy (non-hydrogen) atoms. The Morgan fingerprint density at radius 3 is 2.50 bits per heavy atom. The van der Waals surface area contributed by atoms with Crippen LogP contribution in [0.2, 0.25) is 0 Å². The minimum Gasteiger partial charge on any atom is -0.493 e. The highest BCUT2D eigenvalue weighted by atomic mass is 16.6. The lowest BCUT2D eigenvalue weighted by Gasteiger charge is -2.16. The van der Waals surface area contributed by atoms with Crippen LogP contribution < -0.4 is 20.1 Å². The van der Waals surface area contributed by atoms with Crippen molar-refractivity contribution >= 4 is 17.3 Å². The SMILES string of the molecule is COc1ccc(CNC(=O)c2ccc([N+](=O)[O-])cc2N[C@H](C)CO)cc1OC. The highest BCUT2D eigenvalue weighted by Gasteiger charge is 2.17. The molecule has 0 unspecified atom stereocenters. The molecule has 1 amide bonds. The van der Waals surface area contributed by atoms with Gasteiger partial charge >= 0.3 is 0 Å².